The Kier molecular flexibility index (Phi) is 6.76. The Labute approximate surface area is 164 Å². The lowest BCUT2D eigenvalue weighted by Gasteiger charge is -2.23. The zero-order valence-electron chi connectivity index (χ0n) is 16.2. The Morgan fingerprint density at radius 3 is 2.21 bits per heavy atom. The van der Waals surface area contributed by atoms with Crippen LogP contribution >= 0.6 is 0 Å². The van der Waals surface area contributed by atoms with Crippen molar-refractivity contribution in [2.45, 2.75) is 6.92 Å². The summed E-state index contributed by atoms with van der Waals surface area (Å²) in [6.45, 7) is 1.98. The van der Waals surface area contributed by atoms with E-state index in [1.54, 1.807) is 37.3 Å². The average molecular weight is 405 g/mol. The number of benzene rings is 2. The van der Waals surface area contributed by atoms with Crippen LogP contribution in [0.2, 0.25) is 0 Å². The Morgan fingerprint density at radius 2 is 1.64 bits per heavy atom. The molecule has 0 saturated carbocycles. The SMILES string of the molecule is CCOC(=O)c1cccc(NC(=O)c2ccc(N(C)S(=O)(=O)N(C)C)cc2)c1. The molecular formula is C19H23N3O5S. The molecule has 0 fully saturated rings. The fourth-order valence-electron chi connectivity index (χ4n) is 2.34. The lowest BCUT2D eigenvalue weighted by Crippen LogP contribution is -2.37. The van der Waals surface area contributed by atoms with Crippen molar-refractivity contribution in [3.8, 4) is 0 Å². The summed E-state index contributed by atoms with van der Waals surface area (Å²) in [4.78, 5) is 24.2. The summed E-state index contributed by atoms with van der Waals surface area (Å²) in [6, 6.07) is 12.6. The largest absolute Gasteiger partial charge is 0.462 e. The van der Waals surface area contributed by atoms with Gasteiger partial charge in [-0.15, -0.1) is 0 Å². The van der Waals surface area contributed by atoms with Crippen LogP contribution in [0, 0.1) is 0 Å². The van der Waals surface area contributed by atoms with Gasteiger partial charge in [0.15, 0.2) is 0 Å². The maximum atomic E-state index is 12.4. The first-order chi connectivity index (χ1) is 13.2. The lowest BCUT2D eigenvalue weighted by atomic mass is 10.1. The van der Waals surface area contributed by atoms with Crippen molar-refractivity contribution >= 4 is 33.5 Å². The Bertz CT molecular complexity index is 956. The molecule has 0 unspecified atom stereocenters. The zero-order valence-corrected chi connectivity index (χ0v) is 17.0. The molecule has 0 aliphatic carbocycles. The number of hydrogen-bond donors (Lipinski definition) is 1. The van der Waals surface area contributed by atoms with E-state index >= 15 is 0 Å². The van der Waals surface area contributed by atoms with Gasteiger partial charge in [0.05, 0.1) is 17.9 Å². The highest BCUT2D eigenvalue weighted by atomic mass is 32.2. The molecule has 28 heavy (non-hydrogen) atoms. The monoisotopic (exact) mass is 405 g/mol. The van der Waals surface area contributed by atoms with Crippen molar-refractivity contribution in [3.63, 3.8) is 0 Å². The third kappa shape index (κ3) is 4.87. The van der Waals surface area contributed by atoms with Crippen molar-refractivity contribution in [1.29, 1.82) is 0 Å². The highest BCUT2D eigenvalue weighted by Crippen LogP contribution is 2.19. The standard InChI is InChI=1S/C19H23N3O5S/c1-5-27-19(24)15-7-6-8-16(13-15)20-18(23)14-9-11-17(12-10-14)22(4)28(25,26)21(2)3/h6-13H,5H2,1-4H3,(H,20,23). The third-order valence-corrected chi connectivity index (χ3v) is 5.76. The second-order valence-electron chi connectivity index (χ2n) is 6.06. The van der Waals surface area contributed by atoms with Crippen LogP contribution in [0.25, 0.3) is 0 Å². The summed E-state index contributed by atoms with van der Waals surface area (Å²) in [6.07, 6.45) is 0. The molecule has 2 aromatic carbocycles. The van der Waals surface area contributed by atoms with Gasteiger partial charge >= 0.3 is 16.2 Å². The van der Waals surface area contributed by atoms with Crippen LogP contribution in [0.4, 0.5) is 11.4 Å². The Hall–Kier alpha value is -2.91. The quantitative estimate of drug-likeness (QED) is 0.714. The van der Waals surface area contributed by atoms with Crippen molar-refractivity contribution < 1.29 is 22.7 Å². The van der Waals surface area contributed by atoms with Gasteiger partial charge in [-0.2, -0.15) is 12.7 Å². The number of nitrogens with one attached hydrogen (secondary N) is 1. The van der Waals surface area contributed by atoms with Gasteiger partial charge in [-0.3, -0.25) is 9.10 Å². The molecule has 9 heteroatoms. The summed E-state index contributed by atoms with van der Waals surface area (Å²) in [7, 11) is 0.714. The first kappa shape index (κ1) is 21.4. The highest BCUT2D eigenvalue weighted by Gasteiger charge is 2.21. The van der Waals surface area contributed by atoms with E-state index in [-0.39, 0.29) is 12.5 Å². The highest BCUT2D eigenvalue weighted by molar-refractivity contribution is 7.90. The van der Waals surface area contributed by atoms with Crippen LogP contribution < -0.4 is 9.62 Å². The molecule has 1 N–H and O–H groups in total. The molecule has 0 radical (unpaired) electrons. The minimum Gasteiger partial charge on any atom is -0.462 e. The van der Waals surface area contributed by atoms with Gasteiger partial charge in [0.25, 0.3) is 5.91 Å². The van der Waals surface area contributed by atoms with Crippen LogP contribution in [0.15, 0.2) is 48.5 Å². The summed E-state index contributed by atoms with van der Waals surface area (Å²) in [5, 5.41) is 2.71. The van der Waals surface area contributed by atoms with Crippen molar-refractivity contribution in [1.82, 2.24) is 4.31 Å². The van der Waals surface area contributed by atoms with Crippen LogP contribution in [-0.4, -0.2) is 52.3 Å². The number of nitrogens with zero attached hydrogens (tertiary/aromatic N) is 2. The van der Waals surface area contributed by atoms with Gasteiger partial charge in [-0.05, 0) is 49.4 Å². The second-order valence-corrected chi connectivity index (χ2v) is 8.23. The number of esters is 1. The molecule has 0 aliphatic heterocycles. The summed E-state index contributed by atoms with van der Waals surface area (Å²) in [5.74, 6) is -0.848. The third-order valence-electron chi connectivity index (χ3n) is 3.93. The zero-order chi connectivity index (χ0) is 20.9. The predicted octanol–water partition coefficient (Wildman–Crippen LogP) is 2.36. The summed E-state index contributed by atoms with van der Waals surface area (Å²) in [5.41, 5.74) is 1.56. The van der Waals surface area contributed by atoms with Gasteiger partial charge in [0, 0.05) is 32.4 Å². The van der Waals surface area contributed by atoms with Crippen molar-refractivity contribution in [2.75, 3.05) is 37.4 Å². The van der Waals surface area contributed by atoms with E-state index in [2.05, 4.69) is 5.32 Å². The van der Waals surface area contributed by atoms with Gasteiger partial charge in [-0.25, -0.2) is 4.79 Å². The summed E-state index contributed by atoms with van der Waals surface area (Å²) >= 11 is 0. The minimum atomic E-state index is -3.61. The number of ether oxygens (including phenoxy) is 1. The Morgan fingerprint density at radius 1 is 1.00 bits per heavy atom. The summed E-state index contributed by atoms with van der Waals surface area (Å²) < 4.78 is 31.5. The van der Waals surface area contributed by atoms with Crippen LogP contribution in [0.1, 0.15) is 27.6 Å². The molecule has 0 atom stereocenters. The van der Waals surface area contributed by atoms with Gasteiger partial charge in [0.2, 0.25) is 0 Å². The van der Waals surface area contributed by atoms with Gasteiger partial charge in [-0.1, -0.05) is 6.07 Å². The van der Waals surface area contributed by atoms with E-state index in [9.17, 15) is 18.0 Å². The first-order valence-electron chi connectivity index (χ1n) is 8.51. The minimum absolute atomic E-state index is 0.264. The van der Waals surface area contributed by atoms with E-state index in [1.807, 2.05) is 0 Å². The number of anilines is 2. The molecule has 0 aliphatic rings. The second kappa shape index (κ2) is 8.85. The lowest BCUT2D eigenvalue weighted by molar-refractivity contribution is 0.0526. The van der Waals surface area contributed by atoms with Crippen molar-refractivity contribution in [3.05, 3.63) is 59.7 Å². The van der Waals surface area contributed by atoms with E-state index in [1.165, 1.54) is 39.3 Å². The van der Waals surface area contributed by atoms with E-state index in [0.29, 0.717) is 22.5 Å². The first-order valence-corrected chi connectivity index (χ1v) is 9.91. The van der Waals surface area contributed by atoms with Crippen LogP contribution in [0.5, 0.6) is 0 Å². The molecule has 0 saturated heterocycles. The average Bonchev–Trinajstić information content (AvgIpc) is 2.67. The van der Waals surface area contributed by atoms with E-state index in [4.69, 9.17) is 4.74 Å². The number of carbonyl (C=O) groups excluding carboxylic acids is 2. The van der Waals surface area contributed by atoms with E-state index in [0.717, 1.165) is 8.61 Å². The number of amides is 1. The number of carbonyl (C=O) groups is 2. The van der Waals surface area contributed by atoms with Crippen molar-refractivity contribution in [2.24, 2.45) is 0 Å². The topological polar surface area (TPSA) is 96.0 Å². The molecule has 0 spiro atoms. The smallest absolute Gasteiger partial charge is 0.338 e. The molecule has 0 aromatic heterocycles. The van der Waals surface area contributed by atoms with Gasteiger partial charge < -0.3 is 10.1 Å². The normalized spacial score (nSPS) is 11.2. The van der Waals surface area contributed by atoms with Crippen LogP contribution in [-0.2, 0) is 14.9 Å². The Balaban J connectivity index is 2.14. The molecular weight excluding hydrogens is 382 g/mol. The predicted molar refractivity (Wildman–Crippen MR) is 108 cm³/mol. The fourth-order valence-corrected chi connectivity index (χ4v) is 3.22. The van der Waals surface area contributed by atoms with Crippen LogP contribution in [0.3, 0.4) is 0 Å². The molecule has 150 valence electrons. The maximum absolute atomic E-state index is 12.4. The number of hydrogen-bond acceptors (Lipinski definition) is 5. The molecule has 1 amide bonds. The fraction of sp³-hybridized carbons (Fsp3) is 0.263. The van der Waals surface area contributed by atoms with Gasteiger partial charge in [0.1, 0.15) is 0 Å². The molecule has 2 rings (SSSR count). The number of rotatable bonds is 7. The molecule has 0 bridgehead atoms. The molecule has 0 heterocycles. The molecule has 2 aromatic rings. The maximum Gasteiger partial charge on any atom is 0.338 e. The van der Waals surface area contributed by atoms with E-state index < -0.39 is 16.2 Å². The molecule has 8 nitrogen and oxygen atoms in total.